The van der Waals surface area contributed by atoms with Crippen LogP contribution in [-0.4, -0.2) is 12.0 Å². The number of nitrogen functional groups attached to an aromatic ring is 1. The summed E-state index contributed by atoms with van der Waals surface area (Å²) in [5, 5.41) is 8.94. The monoisotopic (exact) mass is 278 g/mol. The molecule has 1 aromatic heterocycles. The molecule has 0 spiro atoms. The number of oxazole rings is 1. The van der Waals surface area contributed by atoms with Crippen molar-refractivity contribution in [3.8, 4) is 6.07 Å². The number of nitrogens with two attached hydrogens (primary N) is 1. The van der Waals surface area contributed by atoms with Crippen molar-refractivity contribution >= 4 is 22.5 Å². The van der Waals surface area contributed by atoms with Gasteiger partial charge in [-0.3, -0.25) is 0 Å². The van der Waals surface area contributed by atoms with Crippen molar-refractivity contribution < 1.29 is 4.42 Å². The zero-order valence-corrected chi connectivity index (χ0v) is 11.6. The molecule has 0 aliphatic carbocycles. The number of aromatic nitrogens is 1. The number of hydrogen-bond acceptors (Lipinski definition) is 5. The molecule has 3 rings (SSSR count). The standard InChI is InChI=1S/C16H14N4O/c1-20(13-4-2-3-11(7-13)9-17)10-16-19-14-8-12(18)5-6-15(14)21-16/h2-8H,10,18H2,1H3. The molecule has 0 aliphatic rings. The zero-order valence-electron chi connectivity index (χ0n) is 11.6. The fourth-order valence-corrected chi connectivity index (χ4v) is 2.17. The van der Waals surface area contributed by atoms with Crippen molar-refractivity contribution in [2.45, 2.75) is 6.54 Å². The van der Waals surface area contributed by atoms with Crippen LogP contribution in [0, 0.1) is 11.3 Å². The van der Waals surface area contributed by atoms with E-state index in [-0.39, 0.29) is 0 Å². The highest BCUT2D eigenvalue weighted by Crippen LogP contribution is 2.21. The highest BCUT2D eigenvalue weighted by atomic mass is 16.3. The summed E-state index contributed by atoms with van der Waals surface area (Å²) in [7, 11) is 1.93. The molecule has 0 saturated carbocycles. The van der Waals surface area contributed by atoms with Gasteiger partial charge < -0.3 is 15.1 Å². The third-order valence-electron chi connectivity index (χ3n) is 3.24. The first-order chi connectivity index (χ1) is 10.2. The molecule has 21 heavy (non-hydrogen) atoms. The molecule has 0 bridgehead atoms. The number of nitriles is 1. The summed E-state index contributed by atoms with van der Waals surface area (Å²) in [6.07, 6.45) is 0. The quantitative estimate of drug-likeness (QED) is 0.745. The smallest absolute Gasteiger partial charge is 0.215 e. The van der Waals surface area contributed by atoms with Gasteiger partial charge in [0.05, 0.1) is 18.2 Å². The Morgan fingerprint density at radius 2 is 2.14 bits per heavy atom. The van der Waals surface area contributed by atoms with E-state index >= 15 is 0 Å². The van der Waals surface area contributed by atoms with E-state index in [1.165, 1.54) is 0 Å². The molecule has 1 heterocycles. The molecule has 0 amide bonds. The van der Waals surface area contributed by atoms with Gasteiger partial charge in [0.25, 0.3) is 0 Å². The summed E-state index contributed by atoms with van der Waals surface area (Å²) in [4.78, 5) is 6.41. The van der Waals surface area contributed by atoms with Gasteiger partial charge in [-0.25, -0.2) is 4.98 Å². The van der Waals surface area contributed by atoms with Gasteiger partial charge in [-0.1, -0.05) is 6.07 Å². The van der Waals surface area contributed by atoms with Crippen molar-refractivity contribution in [1.82, 2.24) is 4.98 Å². The van der Waals surface area contributed by atoms with E-state index in [0.29, 0.717) is 23.7 Å². The Morgan fingerprint density at radius 3 is 2.95 bits per heavy atom. The molecule has 5 nitrogen and oxygen atoms in total. The lowest BCUT2D eigenvalue weighted by molar-refractivity contribution is 0.527. The summed E-state index contributed by atoms with van der Waals surface area (Å²) in [6, 6.07) is 14.9. The van der Waals surface area contributed by atoms with Crippen molar-refractivity contribution in [2.24, 2.45) is 0 Å². The summed E-state index contributed by atoms with van der Waals surface area (Å²) < 4.78 is 5.70. The molecule has 0 radical (unpaired) electrons. The summed E-state index contributed by atoms with van der Waals surface area (Å²) >= 11 is 0. The predicted octanol–water partition coefficient (Wildman–Crippen LogP) is 2.92. The van der Waals surface area contributed by atoms with Crippen molar-refractivity contribution in [2.75, 3.05) is 17.7 Å². The van der Waals surface area contributed by atoms with Gasteiger partial charge in [-0.05, 0) is 36.4 Å². The summed E-state index contributed by atoms with van der Waals surface area (Å²) in [6.45, 7) is 0.517. The molecule has 0 atom stereocenters. The van der Waals surface area contributed by atoms with Crippen molar-refractivity contribution in [3.63, 3.8) is 0 Å². The van der Waals surface area contributed by atoms with Gasteiger partial charge in [-0.2, -0.15) is 5.26 Å². The lowest BCUT2D eigenvalue weighted by Gasteiger charge is -2.17. The van der Waals surface area contributed by atoms with Crippen LogP contribution >= 0.6 is 0 Å². The number of rotatable bonds is 3. The average Bonchev–Trinajstić information content (AvgIpc) is 2.88. The Hall–Kier alpha value is -3.00. The first-order valence-corrected chi connectivity index (χ1v) is 6.52. The van der Waals surface area contributed by atoms with Crippen LogP contribution in [0.15, 0.2) is 46.9 Å². The molecular weight excluding hydrogens is 264 g/mol. The van der Waals surface area contributed by atoms with Gasteiger partial charge in [0.1, 0.15) is 5.52 Å². The Kier molecular flexibility index (Phi) is 3.20. The first kappa shape index (κ1) is 13.0. The molecule has 0 aliphatic heterocycles. The van der Waals surface area contributed by atoms with Crippen LogP contribution in [0.4, 0.5) is 11.4 Å². The van der Waals surface area contributed by atoms with Gasteiger partial charge in [0.15, 0.2) is 5.58 Å². The molecular formula is C16H14N4O. The highest BCUT2D eigenvalue weighted by molar-refractivity contribution is 5.76. The largest absolute Gasteiger partial charge is 0.439 e. The maximum Gasteiger partial charge on any atom is 0.215 e. The minimum absolute atomic E-state index is 0.517. The highest BCUT2D eigenvalue weighted by Gasteiger charge is 2.09. The van der Waals surface area contributed by atoms with Crippen LogP contribution < -0.4 is 10.6 Å². The van der Waals surface area contributed by atoms with Crippen molar-refractivity contribution in [1.29, 1.82) is 5.26 Å². The summed E-state index contributed by atoms with van der Waals surface area (Å²) in [5.41, 5.74) is 9.44. The van der Waals surface area contributed by atoms with Crippen LogP contribution in [0.25, 0.3) is 11.1 Å². The topological polar surface area (TPSA) is 79.1 Å². The SMILES string of the molecule is CN(Cc1nc2cc(N)ccc2o1)c1cccc(C#N)c1. The molecule has 3 aromatic rings. The second-order valence-corrected chi connectivity index (χ2v) is 4.85. The molecule has 5 heteroatoms. The van der Waals surface area contributed by atoms with Gasteiger partial charge >= 0.3 is 0 Å². The van der Waals surface area contributed by atoms with Gasteiger partial charge in [0, 0.05) is 18.4 Å². The third kappa shape index (κ3) is 2.65. The van der Waals surface area contributed by atoms with Crippen LogP contribution in [0.3, 0.4) is 0 Å². The maximum atomic E-state index is 8.94. The van der Waals surface area contributed by atoms with Crippen LogP contribution in [0.5, 0.6) is 0 Å². The number of hydrogen-bond donors (Lipinski definition) is 1. The average molecular weight is 278 g/mol. The normalized spacial score (nSPS) is 10.5. The molecule has 2 N–H and O–H groups in total. The van der Waals surface area contributed by atoms with Crippen LogP contribution in [0.2, 0.25) is 0 Å². The zero-order chi connectivity index (χ0) is 14.8. The lowest BCUT2D eigenvalue weighted by Crippen LogP contribution is -2.16. The molecule has 104 valence electrons. The third-order valence-corrected chi connectivity index (χ3v) is 3.24. The minimum Gasteiger partial charge on any atom is -0.439 e. The Labute approximate surface area is 122 Å². The van der Waals surface area contributed by atoms with E-state index in [9.17, 15) is 0 Å². The molecule has 0 unspecified atom stereocenters. The fourth-order valence-electron chi connectivity index (χ4n) is 2.17. The maximum absolute atomic E-state index is 8.94. The predicted molar refractivity (Wildman–Crippen MR) is 81.7 cm³/mol. The van der Waals surface area contributed by atoms with E-state index in [4.69, 9.17) is 15.4 Å². The Morgan fingerprint density at radius 1 is 1.29 bits per heavy atom. The molecule has 2 aromatic carbocycles. The number of benzene rings is 2. The lowest BCUT2D eigenvalue weighted by atomic mass is 10.2. The fraction of sp³-hybridized carbons (Fsp3) is 0.125. The Bertz CT molecular complexity index is 832. The van der Waals surface area contributed by atoms with Crippen LogP contribution in [-0.2, 0) is 6.54 Å². The van der Waals surface area contributed by atoms with Crippen molar-refractivity contribution in [3.05, 3.63) is 53.9 Å². The second kappa shape index (κ2) is 5.17. The van der Waals surface area contributed by atoms with E-state index in [1.54, 1.807) is 18.2 Å². The number of fused-ring (bicyclic) bond motifs is 1. The first-order valence-electron chi connectivity index (χ1n) is 6.52. The number of anilines is 2. The van der Waals surface area contributed by atoms with Gasteiger partial charge in [0.2, 0.25) is 5.89 Å². The minimum atomic E-state index is 0.517. The second-order valence-electron chi connectivity index (χ2n) is 4.85. The van der Waals surface area contributed by atoms with E-state index in [0.717, 1.165) is 16.8 Å². The van der Waals surface area contributed by atoms with Crippen LogP contribution in [0.1, 0.15) is 11.5 Å². The summed E-state index contributed by atoms with van der Waals surface area (Å²) in [5.74, 6) is 0.612. The van der Waals surface area contributed by atoms with E-state index in [2.05, 4.69) is 11.1 Å². The van der Waals surface area contributed by atoms with E-state index < -0.39 is 0 Å². The molecule has 0 saturated heterocycles. The van der Waals surface area contributed by atoms with Gasteiger partial charge in [-0.15, -0.1) is 0 Å². The Balaban J connectivity index is 1.85. The van der Waals surface area contributed by atoms with E-state index in [1.807, 2.05) is 36.2 Å². The number of nitrogens with zero attached hydrogens (tertiary/aromatic N) is 3. The molecule has 0 fully saturated rings.